The van der Waals surface area contributed by atoms with E-state index in [4.69, 9.17) is 4.52 Å². The van der Waals surface area contributed by atoms with Crippen LogP contribution in [-0.4, -0.2) is 22.8 Å². The third-order valence-electron chi connectivity index (χ3n) is 4.45. The molecule has 0 amide bonds. The highest BCUT2D eigenvalue weighted by Crippen LogP contribution is 2.27. The second kappa shape index (κ2) is 7.33. The Labute approximate surface area is 156 Å². The molecule has 0 unspecified atom stereocenters. The van der Waals surface area contributed by atoms with Gasteiger partial charge in [-0.25, -0.2) is 0 Å². The zero-order chi connectivity index (χ0) is 18.6. The third-order valence-corrected chi connectivity index (χ3v) is 4.45. The largest absolute Gasteiger partial charge is 0.480 e. The second-order valence-electron chi connectivity index (χ2n) is 6.30. The van der Waals surface area contributed by atoms with Gasteiger partial charge in [0.2, 0.25) is 5.88 Å². The maximum absolute atomic E-state index is 11.4. The molecule has 0 saturated carbocycles. The number of nitrogens with zero attached hydrogens (tertiary/aromatic N) is 2. The quantitative estimate of drug-likeness (QED) is 0.546. The molecule has 4 aromatic rings. The minimum Gasteiger partial charge on any atom is -0.480 e. The molecule has 0 aliphatic carbocycles. The average molecular weight is 358 g/mol. The number of hydrogen-bond donors (Lipinski definition) is 1. The van der Waals surface area contributed by atoms with Crippen LogP contribution in [0.5, 0.6) is 0 Å². The molecule has 0 bridgehead atoms. The first-order chi connectivity index (χ1) is 13.2. The molecule has 0 aliphatic rings. The molecule has 134 valence electrons. The van der Waals surface area contributed by atoms with Crippen molar-refractivity contribution in [3.05, 3.63) is 84.4 Å². The highest BCUT2D eigenvalue weighted by atomic mass is 16.5. The first kappa shape index (κ1) is 16.8. The first-order valence-corrected chi connectivity index (χ1v) is 8.66. The van der Waals surface area contributed by atoms with Gasteiger partial charge in [-0.1, -0.05) is 78.0 Å². The summed E-state index contributed by atoms with van der Waals surface area (Å²) in [5.41, 5.74) is 2.64. The van der Waals surface area contributed by atoms with Crippen molar-refractivity contribution in [3.63, 3.8) is 0 Å². The summed E-state index contributed by atoms with van der Waals surface area (Å²) in [6.45, 7) is 0.240. The summed E-state index contributed by atoms with van der Waals surface area (Å²) in [7, 11) is 0. The van der Waals surface area contributed by atoms with Crippen LogP contribution in [0.15, 0.2) is 83.4 Å². The van der Waals surface area contributed by atoms with Crippen molar-refractivity contribution in [2.24, 2.45) is 0 Å². The van der Waals surface area contributed by atoms with Crippen molar-refractivity contribution >= 4 is 22.6 Å². The van der Waals surface area contributed by atoms with Crippen LogP contribution in [0.2, 0.25) is 0 Å². The van der Waals surface area contributed by atoms with Gasteiger partial charge in [0.15, 0.2) is 0 Å². The van der Waals surface area contributed by atoms with Crippen molar-refractivity contribution < 1.29 is 14.4 Å². The number of hydrogen-bond acceptors (Lipinski definition) is 4. The van der Waals surface area contributed by atoms with Crippen molar-refractivity contribution in [3.8, 4) is 11.3 Å². The van der Waals surface area contributed by atoms with Gasteiger partial charge >= 0.3 is 5.97 Å². The van der Waals surface area contributed by atoms with E-state index in [9.17, 15) is 9.90 Å². The number of carbonyl (C=O) groups is 1. The van der Waals surface area contributed by atoms with Crippen molar-refractivity contribution in [1.29, 1.82) is 0 Å². The monoisotopic (exact) mass is 358 g/mol. The number of benzene rings is 3. The van der Waals surface area contributed by atoms with Crippen LogP contribution in [0, 0.1) is 0 Å². The van der Waals surface area contributed by atoms with Crippen molar-refractivity contribution in [1.82, 2.24) is 5.16 Å². The lowest BCUT2D eigenvalue weighted by Gasteiger charge is -2.20. The van der Waals surface area contributed by atoms with E-state index in [0.29, 0.717) is 18.1 Å². The van der Waals surface area contributed by atoms with E-state index in [1.807, 2.05) is 72.8 Å². The Morgan fingerprint density at radius 1 is 0.963 bits per heavy atom. The van der Waals surface area contributed by atoms with E-state index in [1.165, 1.54) is 0 Å². The van der Waals surface area contributed by atoms with Crippen LogP contribution in [-0.2, 0) is 11.3 Å². The standard InChI is InChI=1S/C22H18N2O3/c25-22(26)15-24(14-18-11-6-10-16-7-4-5-12-19(16)18)21-13-20(23-27-21)17-8-2-1-3-9-17/h1-13H,14-15H2,(H,25,26). The number of rotatable bonds is 6. The Hall–Kier alpha value is -3.60. The highest BCUT2D eigenvalue weighted by Gasteiger charge is 2.18. The average Bonchev–Trinajstić information content (AvgIpc) is 3.18. The van der Waals surface area contributed by atoms with E-state index in [0.717, 1.165) is 21.9 Å². The van der Waals surface area contributed by atoms with Crippen molar-refractivity contribution in [2.75, 3.05) is 11.4 Å². The van der Waals surface area contributed by atoms with Gasteiger partial charge in [0.05, 0.1) is 0 Å². The van der Waals surface area contributed by atoms with Gasteiger partial charge in [-0.3, -0.25) is 4.79 Å². The molecular weight excluding hydrogens is 340 g/mol. The van der Waals surface area contributed by atoms with Crippen LogP contribution >= 0.6 is 0 Å². The van der Waals surface area contributed by atoms with Crippen LogP contribution < -0.4 is 4.90 Å². The molecule has 1 aromatic heterocycles. The van der Waals surface area contributed by atoms with Crippen LogP contribution in [0.4, 0.5) is 5.88 Å². The lowest BCUT2D eigenvalue weighted by atomic mass is 10.0. The molecule has 5 heteroatoms. The second-order valence-corrected chi connectivity index (χ2v) is 6.30. The summed E-state index contributed by atoms with van der Waals surface area (Å²) < 4.78 is 5.48. The van der Waals surface area contributed by atoms with E-state index in [2.05, 4.69) is 5.16 Å². The van der Waals surface area contributed by atoms with E-state index < -0.39 is 5.97 Å². The summed E-state index contributed by atoms with van der Waals surface area (Å²) in [6, 6.07) is 25.5. The van der Waals surface area contributed by atoms with Gasteiger partial charge in [0.25, 0.3) is 0 Å². The van der Waals surface area contributed by atoms with Gasteiger partial charge in [-0.05, 0) is 16.3 Å². The molecule has 0 saturated heterocycles. The molecule has 27 heavy (non-hydrogen) atoms. The zero-order valence-corrected chi connectivity index (χ0v) is 14.6. The Kier molecular flexibility index (Phi) is 4.58. The first-order valence-electron chi connectivity index (χ1n) is 8.66. The fourth-order valence-corrected chi connectivity index (χ4v) is 3.17. The third kappa shape index (κ3) is 3.67. The summed E-state index contributed by atoms with van der Waals surface area (Å²) in [5, 5.41) is 15.7. The Morgan fingerprint density at radius 2 is 1.70 bits per heavy atom. The molecule has 3 aromatic carbocycles. The number of carboxylic acids is 1. The minimum atomic E-state index is -0.923. The molecule has 4 rings (SSSR count). The molecule has 0 spiro atoms. The number of fused-ring (bicyclic) bond motifs is 1. The smallest absolute Gasteiger partial charge is 0.323 e. The molecule has 0 radical (unpaired) electrons. The topological polar surface area (TPSA) is 66.6 Å². The predicted molar refractivity (Wildman–Crippen MR) is 105 cm³/mol. The summed E-state index contributed by atoms with van der Waals surface area (Å²) in [6.07, 6.45) is 0. The lowest BCUT2D eigenvalue weighted by Crippen LogP contribution is -2.28. The van der Waals surface area contributed by atoms with Gasteiger partial charge in [0.1, 0.15) is 12.2 Å². The van der Waals surface area contributed by atoms with Crippen LogP contribution in [0.25, 0.3) is 22.0 Å². The molecule has 1 N–H and O–H groups in total. The molecular formula is C22H18N2O3. The van der Waals surface area contributed by atoms with Crippen LogP contribution in [0.1, 0.15) is 5.56 Å². The van der Waals surface area contributed by atoms with E-state index >= 15 is 0 Å². The maximum atomic E-state index is 11.4. The van der Waals surface area contributed by atoms with E-state index in [1.54, 1.807) is 11.0 Å². The predicted octanol–water partition coefficient (Wildman–Crippen LogP) is 4.59. The molecule has 0 fully saturated rings. The highest BCUT2D eigenvalue weighted by molar-refractivity contribution is 5.86. The normalized spacial score (nSPS) is 10.8. The molecule has 5 nitrogen and oxygen atoms in total. The van der Waals surface area contributed by atoms with Gasteiger partial charge in [0, 0.05) is 18.2 Å². The Balaban J connectivity index is 1.68. The SMILES string of the molecule is O=C(O)CN(Cc1cccc2ccccc12)c1cc(-c2ccccc2)no1. The summed E-state index contributed by atoms with van der Waals surface area (Å²) in [4.78, 5) is 13.1. The van der Waals surface area contributed by atoms with Gasteiger partial charge in [-0.15, -0.1) is 0 Å². The van der Waals surface area contributed by atoms with E-state index in [-0.39, 0.29) is 6.54 Å². The molecule has 0 aliphatic heterocycles. The van der Waals surface area contributed by atoms with Gasteiger partial charge < -0.3 is 14.5 Å². The number of carboxylic acid groups (broad SMARTS) is 1. The summed E-state index contributed by atoms with van der Waals surface area (Å²) >= 11 is 0. The zero-order valence-electron chi connectivity index (χ0n) is 14.6. The molecule has 1 heterocycles. The Morgan fingerprint density at radius 3 is 2.52 bits per heavy atom. The minimum absolute atomic E-state index is 0.174. The fourth-order valence-electron chi connectivity index (χ4n) is 3.17. The number of aromatic nitrogens is 1. The van der Waals surface area contributed by atoms with Gasteiger partial charge in [-0.2, -0.15) is 0 Å². The molecule has 0 atom stereocenters. The Bertz CT molecular complexity index is 1070. The summed E-state index contributed by atoms with van der Waals surface area (Å²) in [5.74, 6) is -0.489. The maximum Gasteiger partial charge on any atom is 0.323 e. The van der Waals surface area contributed by atoms with Crippen LogP contribution in [0.3, 0.4) is 0 Å². The lowest BCUT2D eigenvalue weighted by molar-refractivity contribution is -0.135. The van der Waals surface area contributed by atoms with Crippen molar-refractivity contribution in [2.45, 2.75) is 6.54 Å². The number of anilines is 1. The fraction of sp³-hybridized carbons (Fsp3) is 0.0909. The number of aliphatic carboxylic acids is 1.